The van der Waals surface area contributed by atoms with Crippen molar-refractivity contribution >= 4 is 21.1 Å². The van der Waals surface area contributed by atoms with Crippen LogP contribution in [0.5, 0.6) is 5.88 Å². The van der Waals surface area contributed by atoms with Gasteiger partial charge in [-0.25, -0.2) is 28.1 Å². The molecule has 1 N–H and O–H groups in total. The maximum atomic E-state index is 13.5. The lowest BCUT2D eigenvalue weighted by Crippen LogP contribution is -2.48. The van der Waals surface area contributed by atoms with E-state index in [4.69, 9.17) is 9.72 Å². The van der Waals surface area contributed by atoms with Crippen LogP contribution in [-0.2, 0) is 16.4 Å². The molecule has 5 heterocycles. The van der Waals surface area contributed by atoms with Crippen LogP contribution >= 0.6 is 0 Å². The van der Waals surface area contributed by atoms with Gasteiger partial charge < -0.3 is 14.6 Å². The molecule has 0 aliphatic carbocycles. The van der Waals surface area contributed by atoms with Gasteiger partial charge in [-0.3, -0.25) is 4.79 Å². The second-order valence-corrected chi connectivity index (χ2v) is 10.7. The fourth-order valence-electron chi connectivity index (χ4n) is 4.57. The standard InChI is InChI=1S/C25H30N8O4S.CH4/c1-4-19-21-22(30-33(19)20-9-7-8-10-26-20)24(34)29-23(28-21)18-15-17(16-27-25(18)37-6-3)38(35,36)32-13-11-31(5-2)12-14-32;/h7-10,15-16H,4-6,11-14H2,1-3H3,(H,28,29,34);1H4. The van der Waals surface area contributed by atoms with Crippen LogP contribution in [0.25, 0.3) is 28.2 Å². The van der Waals surface area contributed by atoms with E-state index in [2.05, 4.69) is 31.9 Å². The number of hydrogen-bond donors (Lipinski definition) is 1. The molecule has 0 saturated carbocycles. The molecule has 1 saturated heterocycles. The number of likely N-dealkylation sites (N-methyl/N-ethyl adjacent to an activating group) is 1. The lowest BCUT2D eigenvalue weighted by Gasteiger charge is -2.33. The van der Waals surface area contributed by atoms with Crippen LogP contribution in [-0.4, -0.2) is 86.7 Å². The molecule has 1 aliphatic rings. The van der Waals surface area contributed by atoms with Crippen molar-refractivity contribution in [1.29, 1.82) is 0 Å². The first-order chi connectivity index (χ1) is 18.4. The number of ether oxygens (including phenoxy) is 1. The maximum absolute atomic E-state index is 13.5. The Hall–Kier alpha value is -3.68. The summed E-state index contributed by atoms with van der Waals surface area (Å²) in [4.78, 5) is 31.5. The molecule has 12 nitrogen and oxygen atoms in total. The molecule has 0 spiro atoms. The Labute approximate surface area is 227 Å². The van der Waals surface area contributed by atoms with Gasteiger partial charge in [0.25, 0.3) is 5.56 Å². The van der Waals surface area contributed by atoms with Gasteiger partial charge in [0.2, 0.25) is 15.9 Å². The van der Waals surface area contributed by atoms with E-state index in [1.807, 2.05) is 13.0 Å². The minimum absolute atomic E-state index is 0. The maximum Gasteiger partial charge on any atom is 0.279 e. The molecule has 4 aromatic heterocycles. The van der Waals surface area contributed by atoms with E-state index >= 15 is 0 Å². The Kier molecular flexibility index (Phi) is 8.42. The molecule has 0 aromatic carbocycles. The van der Waals surface area contributed by atoms with E-state index in [1.54, 1.807) is 29.9 Å². The summed E-state index contributed by atoms with van der Waals surface area (Å²) in [6, 6.07) is 6.91. The van der Waals surface area contributed by atoms with Crippen molar-refractivity contribution in [2.75, 3.05) is 39.3 Å². The van der Waals surface area contributed by atoms with E-state index in [9.17, 15) is 13.2 Å². The predicted octanol–water partition coefficient (Wildman–Crippen LogP) is 2.49. The second kappa shape index (κ2) is 11.6. The van der Waals surface area contributed by atoms with Gasteiger partial charge in [0.15, 0.2) is 11.3 Å². The zero-order chi connectivity index (χ0) is 26.9. The Morgan fingerprint density at radius 1 is 1.05 bits per heavy atom. The number of hydrogen-bond acceptors (Lipinski definition) is 9. The summed E-state index contributed by atoms with van der Waals surface area (Å²) < 4.78 is 35.7. The summed E-state index contributed by atoms with van der Waals surface area (Å²) in [6.45, 7) is 9.10. The summed E-state index contributed by atoms with van der Waals surface area (Å²) in [5.74, 6) is 0.901. The highest BCUT2D eigenvalue weighted by Crippen LogP contribution is 2.30. The van der Waals surface area contributed by atoms with Gasteiger partial charge in [-0.1, -0.05) is 27.3 Å². The number of aromatic amines is 1. The molecule has 5 rings (SSSR count). The van der Waals surface area contributed by atoms with Crippen molar-refractivity contribution in [3.05, 3.63) is 52.7 Å². The van der Waals surface area contributed by atoms with Crippen LogP contribution in [0.2, 0.25) is 0 Å². The molecule has 0 amide bonds. The number of H-pyrrole nitrogens is 1. The van der Waals surface area contributed by atoms with Crippen LogP contribution in [0, 0.1) is 0 Å². The SMILES string of the molecule is C.CCOc1ncc(S(=O)(=O)N2CCN(CC)CC2)cc1-c1nc2c(CC)n(-c3ccccn3)nc2c(=O)[nH]1. The van der Waals surface area contributed by atoms with Gasteiger partial charge in [0, 0.05) is 32.4 Å². The summed E-state index contributed by atoms with van der Waals surface area (Å²) in [5, 5.41) is 4.47. The van der Waals surface area contributed by atoms with E-state index in [-0.39, 0.29) is 35.1 Å². The number of nitrogens with zero attached hydrogens (tertiary/aromatic N) is 7. The quantitative estimate of drug-likeness (QED) is 0.348. The van der Waals surface area contributed by atoms with Gasteiger partial charge in [0.05, 0.1) is 24.1 Å². The summed E-state index contributed by atoms with van der Waals surface area (Å²) >= 11 is 0. The molecule has 1 aliphatic heterocycles. The average Bonchev–Trinajstić information content (AvgIpc) is 3.33. The van der Waals surface area contributed by atoms with Crippen molar-refractivity contribution in [2.24, 2.45) is 0 Å². The highest BCUT2D eigenvalue weighted by molar-refractivity contribution is 7.89. The highest BCUT2D eigenvalue weighted by atomic mass is 32.2. The molecule has 0 atom stereocenters. The Balaban J connectivity index is 0.00000353. The number of rotatable bonds is 8. The third-order valence-corrected chi connectivity index (χ3v) is 8.47. The Morgan fingerprint density at radius 2 is 1.82 bits per heavy atom. The monoisotopic (exact) mass is 554 g/mol. The van der Waals surface area contributed by atoms with Gasteiger partial charge in [-0.15, -0.1) is 0 Å². The third kappa shape index (κ3) is 5.29. The lowest BCUT2D eigenvalue weighted by atomic mass is 10.2. The number of piperazine rings is 1. The minimum Gasteiger partial charge on any atom is -0.477 e. The average molecular weight is 555 g/mol. The summed E-state index contributed by atoms with van der Waals surface area (Å²) in [6.07, 6.45) is 3.49. The molecule has 208 valence electrons. The van der Waals surface area contributed by atoms with E-state index in [0.29, 0.717) is 56.2 Å². The molecular formula is C26H34N8O4S. The molecule has 4 aromatic rings. The molecule has 1 fully saturated rings. The van der Waals surface area contributed by atoms with Crippen molar-refractivity contribution < 1.29 is 13.2 Å². The first-order valence-corrected chi connectivity index (χ1v) is 14.1. The molecule has 0 bridgehead atoms. The lowest BCUT2D eigenvalue weighted by molar-refractivity contribution is 0.196. The van der Waals surface area contributed by atoms with Gasteiger partial charge in [0.1, 0.15) is 16.2 Å². The molecule has 0 radical (unpaired) electrons. The number of fused-ring (bicyclic) bond motifs is 1. The normalized spacial score (nSPS) is 14.8. The van der Waals surface area contributed by atoms with Gasteiger partial charge >= 0.3 is 0 Å². The van der Waals surface area contributed by atoms with Crippen LogP contribution in [0.15, 0.2) is 46.3 Å². The zero-order valence-electron chi connectivity index (χ0n) is 21.6. The first kappa shape index (κ1) is 28.3. The molecule has 13 heteroatoms. The van der Waals surface area contributed by atoms with Gasteiger partial charge in [-0.2, -0.15) is 9.40 Å². The predicted molar refractivity (Wildman–Crippen MR) is 149 cm³/mol. The Morgan fingerprint density at radius 3 is 2.46 bits per heavy atom. The van der Waals surface area contributed by atoms with Crippen molar-refractivity contribution in [1.82, 2.24) is 38.9 Å². The van der Waals surface area contributed by atoms with Crippen molar-refractivity contribution in [3.8, 4) is 23.1 Å². The summed E-state index contributed by atoms with van der Waals surface area (Å²) in [7, 11) is -3.81. The zero-order valence-corrected chi connectivity index (χ0v) is 22.4. The van der Waals surface area contributed by atoms with E-state index in [1.165, 1.54) is 16.6 Å². The van der Waals surface area contributed by atoms with Crippen molar-refractivity contribution in [2.45, 2.75) is 39.5 Å². The summed E-state index contributed by atoms with van der Waals surface area (Å²) in [5.41, 5.74) is 1.10. The van der Waals surface area contributed by atoms with Crippen LogP contribution in [0.3, 0.4) is 0 Å². The molecular weight excluding hydrogens is 520 g/mol. The number of nitrogens with one attached hydrogen (secondary N) is 1. The smallest absolute Gasteiger partial charge is 0.279 e. The number of pyridine rings is 2. The third-order valence-electron chi connectivity index (χ3n) is 6.60. The highest BCUT2D eigenvalue weighted by Gasteiger charge is 2.30. The molecule has 39 heavy (non-hydrogen) atoms. The fraction of sp³-hybridized carbons (Fsp3) is 0.423. The van der Waals surface area contributed by atoms with Crippen LogP contribution < -0.4 is 10.3 Å². The van der Waals surface area contributed by atoms with Crippen LogP contribution in [0.4, 0.5) is 0 Å². The van der Waals surface area contributed by atoms with Crippen molar-refractivity contribution in [3.63, 3.8) is 0 Å². The second-order valence-electron chi connectivity index (χ2n) is 8.81. The fourth-order valence-corrected chi connectivity index (χ4v) is 5.96. The topological polar surface area (TPSA) is 139 Å². The van der Waals surface area contributed by atoms with Gasteiger partial charge in [-0.05, 0) is 38.1 Å². The van der Waals surface area contributed by atoms with E-state index in [0.717, 1.165) is 6.54 Å². The Bertz CT molecular complexity index is 1610. The molecule has 0 unspecified atom stereocenters. The first-order valence-electron chi connectivity index (χ1n) is 12.7. The van der Waals surface area contributed by atoms with E-state index < -0.39 is 15.6 Å². The van der Waals surface area contributed by atoms with Crippen LogP contribution in [0.1, 0.15) is 33.9 Å². The largest absolute Gasteiger partial charge is 0.477 e. The number of sulfonamides is 1. The number of aryl methyl sites for hydroxylation is 1. The minimum atomic E-state index is -3.81. The number of aromatic nitrogens is 6.